The largest absolute Gasteiger partial charge is 0.463 e. The van der Waals surface area contributed by atoms with Crippen molar-refractivity contribution in [1.82, 2.24) is 10.2 Å². The summed E-state index contributed by atoms with van der Waals surface area (Å²) in [5.41, 5.74) is 0. The Morgan fingerprint density at radius 1 is 1.44 bits per heavy atom. The number of nitrogens with one attached hydrogen (secondary N) is 1. The van der Waals surface area contributed by atoms with E-state index in [-0.39, 0.29) is 0 Å². The molecule has 0 bridgehead atoms. The van der Waals surface area contributed by atoms with Crippen LogP contribution in [-0.2, 0) is 17.8 Å². The third-order valence-electron chi connectivity index (χ3n) is 3.44. The molecule has 1 N–H and O–H groups in total. The van der Waals surface area contributed by atoms with Crippen molar-refractivity contribution in [2.75, 3.05) is 26.7 Å². The molecule has 1 aliphatic rings. The van der Waals surface area contributed by atoms with Crippen molar-refractivity contribution in [3.05, 3.63) is 23.7 Å². The molecule has 0 aliphatic carbocycles. The lowest BCUT2D eigenvalue weighted by Gasteiger charge is -2.31. The van der Waals surface area contributed by atoms with Crippen LogP contribution in [0.2, 0.25) is 0 Å². The van der Waals surface area contributed by atoms with Gasteiger partial charge in [0.05, 0.1) is 19.2 Å². The first-order valence-corrected chi connectivity index (χ1v) is 6.85. The fourth-order valence-corrected chi connectivity index (χ4v) is 2.42. The molecule has 0 saturated carbocycles. The van der Waals surface area contributed by atoms with E-state index in [1.165, 1.54) is 12.8 Å². The quantitative estimate of drug-likeness (QED) is 0.840. The second-order valence-corrected chi connectivity index (χ2v) is 4.88. The van der Waals surface area contributed by atoms with Gasteiger partial charge >= 0.3 is 0 Å². The van der Waals surface area contributed by atoms with Crippen molar-refractivity contribution in [3.63, 3.8) is 0 Å². The van der Waals surface area contributed by atoms with Gasteiger partial charge < -0.3 is 14.5 Å². The van der Waals surface area contributed by atoms with Crippen LogP contribution in [0, 0.1) is 0 Å². The number of furan rings is 1. The highest BCUT2D eigenvalue weighted by molar-refractivity contribution is 5.07. The number of piperidine rings is 1. The summed E-state index contributed by atoms with van der Waals surface area (Å²) in [6.07, 6.45) is 2.77. The zero-order valence-electron chi connectivity index (χ0n) is 11.4. The van der Waals surface area contributed by atoms with Gasteiger partial charge in [-0.25, -0.2) is 0 Å². The molecule has 0 amide bonds. The zero-order chi connectivity index (χ0) is 12.8. The number of nitrogens with zero attached hydrogens (tertiary/aromatic N) is 1. The van der Waals surface area contributed by atoms with Gasteiger partial charge in [-0.2, -0.15) is 0 Å². The Bertz CT molecular complexity index is 351. The molecular formula is C14H24N2O2. The van der Waals surface area contributed by atoms with Gasteiger partial charge in [0.15, 0.2) is 0 Å². The van der Waals surface area contributed by atoms with Gasteiger partial charge in [-0.3, -0.25) is 4.90 Å². The molecule has 2 rings (SSSR count). The number of methoxy groups -OCH3 is 1. The SMILES string of the molecule is CCNCc1ccc(CN2CCCC(OC)C2)o1. The first-order chi connectivity index (χ1) is 8.81. The molecule has 1 aromatic rings. The lowest BCUT2D eigenvalue weighted by atomic mass is 10.1. The van der Waals surface area contributed by atoms with Crippen LogP contribution in [0.15, 0.2) is 16.5 Å². The Labute approximate surface area is 109 Å². The predicted molar refractivity (Wildman–Crippen MR) is 71.4 cm³/mol. The van der Waals surface area contributed by atoms with Crippen LogP contribution >= 0.6 is 0 Å². The van der Waals surface area contributed by atoms with E-state index in [0.29, 0.717) is 6.10 Å². The van der Waals surface area contributed by atoms with Crippen LogP contribution in [0.5, 0.6) is 0 Å². The molecular weight excluding hydrogens is 228 g/mol. The first-order valence-electron chi connectivity index (χ1n) is 6.85. The van der Waals surface area contributed by atoms with Gasteiger partial charge in [-0.15, -0.1) is 0 Å². The molecule has 4 heteroatoms. The molecule has 18 heavy (non-hydrogen) atoms. The average molecular weight is 252 g/mol. The number of rotatable bonds is 6. The van der Waals surface area contributed by atoms with Crippen molar-refractivity contribution in [2.24, 2.45) is 0 Å². The molecule has 102 valence electrons. The molecule has 1 fully saturated rings. The molecule has 2 heterocycles. The van der Waals surface area contributed by atoms with Crippen molar-refractivity contribution in [1.29, 1.82) is 0 Å². The van der Waals surface area contributed by atoms with Crippen LogP contribution in [-0.4, -0.2) is 37.7 Å². The highest BCUT2D eigenvalue weighted by Gasteiger charge is 2.20. The van der Waals surface area contributed by atoms with E-state index in [4.69, 9.17) is 9.15 Å². The standard InChI is InChI=1S/C14H24N2O2/c1-3-15-9-12-6-7-14(18-12)11-16-8-4-5-13(10-16)17-2/h6-7,13,15H,3-5,8-11H2,1-2H3. The van der Waals surface area contributed by atoms with Gasteiger partial charge in [-0.05, 0) is 38.1 Å². The van der Waals surface area contributed by atoms with Crippen molar-refractivity contribution in [3.8, 4) is 0 Å². The minimum absolute atomic E-state index is 0.384. The van der Waals surface area contributed by atoms with Crippen LogP contribution in [0.3, 0.4) is 0 Å². The van der Waals surface area contributed by atoms with Gasteiger partial charge in [0, 0.05) is 13.7 Å². The maximum atomic E-state index is 5.81. The van der Waals surface area contributed by atoms with E-state index in [1.54, 1.807) is 7.11 Å². The molecule has 1 aliphatic heterocycles. The van der Waals surface area contributed by atoms with Crippen molar-refractivity contribution >= 4 is 0 Å². The molecule has 1 atom stereocenters. The van der Waals surface area contributed by atoms with E-state index in [1.807, 2.05) is 0 Å². The van der Waals surface area contributed by atoms with E-state index in [9.17, 15) is 0 Å². The summed E-state index contributed by atoms with van der Waals surface area (Å²) in [5, 5.41) is 3.27. The molecule has 1 saturated heterocycles. The first kappa shape index (κ1) is 13.6. The van der Waals surface area contributed by atoms with E-state index in [0.717, 1.165) is 44.2 Å². The number of hydrogen-bond acceptors (Lipinski definition) is 4. The topological polar surface area (TPSA) is 37.6 Å². The van der Waals surface area contributed by atoms with Crippen LogP contribution < -0.4 is 5.32 Å². The highest BCUT2D eigenvalue weighted by atomic mass is 16.5. The Morgan fingerprint density at radius 2 is 2.28 bits per heavy atom. The lowest BCUT2D eigenvalue weighted by molar-refractivity contribution is 0.0262. The number of likely N-dealkylation sites (tertiary alicyclic amines) is 1. The normalized spacial score (nSPS) is 21.3. The van der Waals surface area contributed by atoms with Crippen molar-refractivity contribution < 1.29 is 9.15 Å². The Morgan fingerprint density at radius 3 is 3.06 bits per heavy atom. The monoisotopic (exact) mass is 252 g/mol. The number of hydrogen-bond donors (Lipinski definition) is 1. The molecule has 4 nitrogen and oxygen atoms in total. The highest BCUT2D eigenvalue weighted by Crippen LogP contribution is 2.17. The van der Waals surface area contributed by atoms with Gasteiger partial charge in [0.2, 0.25) is 0 Å². The number of ether oxygens (including phenoxy) is 1. The van der Waals surface area contributed by atoms with Crippen LogP contribution in [0.1, 0.15) is 31.3 Å². The average Bonchev–Trinajstić information content (AvgIpc) is 2.84. The predicted octanol–water partition coefficient (Wildman–Crippen LogP) is 2.00. The third-order valence-corrected chi connectivity index (χ3v) is 3.44. The summed E-state index contributed by atoms with van der Waals surface area (Å²) in [4.78, 5) is 2.41. The second kappa shape index (κ2) is 6.92. The van der Waals surface area contributed by atoms with Gasteiger partial charge in [0.1, 0.15) is 11.5 Å². The summed E-state index contributed by atoms with van der Waals surface area (Å²) in [5.74, 6) is 2.08. The summed E-state index contributed by atoms with van der Waals surface area (Å²) in [6, 6.07) is 4.15. The Balaban J connectivity index is 1.83. The minimum Gasteiger partial charge on any atom is -0.463 e. The Hall–Kier alpha value is -0.840. The molecule has 0 radical (unpaired) electrons. The minimum atomic E-state index is 0.384. The van der Waals surface area contributed by atoms with Gasteiger partial charge in [0.25, 0.3) is 0 Å². The zero-order valence-corrected chi connectivity index (χ0v) is 11.4. The lowest BCUT2D eigenvalue weighted by Crippen LogP contribution is -2.38. The fraction of sp³-hybridized carbons (Fsp3) is 0.714. The van der Waals surface area contributed by atoms with Gasteiger partial charge in [-0.1, -0.05) is 6.92 Å². The molecule has 0 spiro atoms. The summed E-state index contributed by atoms with van der Waals surface area (Å²) < 4.78 is 11.2. The maximum absolute atomic E-state index is 5.81. The fourth-order valence-electron chi connectivity index (χ4n) is 2.42. The van der Waals surface area contributed by atoms with E-state index < -0.39 is 0 Å². The molecule has 0 aromatic carbocycles. The maximum Gasteiger partial charge on any atom is 0.118 e. The Kier molecular flexibility index (Phi) is 5.23. The molecule has 1 unspecified atom stereocenters. The van der Waals surface area contributed by atoms with E-state index in [2.05, 4.69) is 29.3 Å². The summed E-state index contributed by atoms with van der Waals surface area (Å²) >= 11 is 0. The smallest absolute Gasteiger partial charge is 0.118 e. The van der Waals surface area contributed by atoms with Crippen molar-refractivity contribution in [2.45, 2.75) is 39.0 Å². The summed E-state index contributed by atoms with van der Waals surface area (Å²) in [7, 11) is 1.80. The van der Waals surface area contributed by atoms with Crippen LogP contribution in [0.25, 0.3) is 0 Å². The third kappa shape index (κ3) is 3.83. The van der Waals surface area contributed by atoms with Crippen LogP contribution in [0.4, 0.5) is 0 Å². The summed E-state index contributed by atoms with van der Waals surface area (Å²) in [6.45, 7) is 6.94. The molecule has 1 aromatic heterocycles. The second-order valence-electron chi connectivity index (χ2n) is 4.88. The van der Waals surface area contributed by atoms with E-state index >= 15 is 0 Å².